The highest BCUT2D eigenvalue weighted by Crippen LogP contribution is 2.20. The molecule has 1 atom stereocenters. The molecule has 1 heterocycles. The van der Waals surface area contributed by atoms with Crippen molar-refractivity contribution >= 4 is 11.9 Å². The van der Waals surface area contributed by atoms with Crippen LogP contribution in [-0.2, 0) is 4.79 Å². The van der Waals surface area contributed by atoms with Gasteiger partial charge >= 0.3 is 6.03 Å². The summed E-state index contributed by atoms with van der Waals surface area (Å²) < 4.78 is 0. The molecule has 1 aliphatic heterocycles. The lowest BCUT2D eigenvalue weighted by Gasteiger charge is -2.17. The van der Waals surface area contributed by atoms with Gasteiger partial charge in [0.1, 0.15) is 0 Å². The van der Waals surface area contributed by atoms with E-state index in [4.69, 9.17) is 0 Å². The molecule has 1 fully saturated rings. The molecular weight excluding hydrogens is 276 g/mol. The fourth-order valence-electron chi connectivity index (χ4n) is 3.17. The van der Waals surface area contributed by atoms with Crippen molar-refractivity contribution in [1.82, 2.24) is 9.80 Å². The molecule has 22 heavy (non-hydrogen) atoms. The van der Waals surface area contributed by atoms with Crippen LogP contribution < -0.4 is 0 Å². The molecule has 0 bridgehead atoms. The maximum absolute atomic E-state index is 11.9. The van der Waals surface area contributed by atoms with E-state index < -0.39 is 0 Å². The number of rotatable bonds is 11. The van der Waals surface area contributed by atoms with Gasteiger partial charge in [-0.25, -0.2) is 4.79 Å². The molecule has 4 heteroatoms. The van der Waals surface area contributed by atoms with Crippen molar-refractivity contribution in [3.05, 3.63) is 0 Å². The highest BCUT2D eigenvalue weighted by molar-refractivity contribution is 5.94. The van der Waals surface area contributed by atoms with Gasteiger partial charge in [-0.05, 0) is 6.42 Å². The normalized spacial score (nSPS) is 18.3. The van der Waals surface area contributed by atoms with Gasteiger partial charge in [0, 0.05) is 14.0 Å². The third-order valence-electron chi connectivity index (χ3n) is 4.74. The predicted molar refractivity (Wildman–Crippen MR) is 90.8 cm³/mol. The van der Waals surface area contributed by atoms with Crippen molar-refractivity contribution in [2.75, 3.05) is 13.6 Å². The van der Waals surface area contributed by atoms with Crippen molar-refractivity contribution in [1.29, 1.82) is 0 Å². The Hall–Kier alpha value is -1.06. The van der Waals surface area contributed by atoms with E-state index in [0.29, 0.717) is 6.54 Å². The molecule has 4 nitrogen and oxygen atoms in total. The maximum atomic E-state index is 11.9. The van der Waals surface area contributed by atoms with E-state index in [1.807, 2.05) is 7.05 Å². The topological polar surface area (TPSA) is 40.6 Å². The lowest BCUT2D eigenvalue weighted by molar-refractivity contribution is -0.125. The minimum Gasteiger partial charge on any atom is -0.323 e. The summed E-state index contributed by atoms with van der Waals surface area (Å²) in [5.74, 6) is -0.137. The SMILES string of the molecule is CCCCCCCCCCCCC1CN(C(C)=O)C(=O)N1C. The summed E-state index contributed by atoms with van der Waals surface area (Å²) in [6, 6.07) is 0.0787. The fraction of sp³-hybridized carbons (Fsp3) is 0.889. The molecule has 0 spiro atoms. The fourth-order valence-corrected chi connectivity index (χ4v) is 3.17. The van der Waals surface area contributed by atoms with Crippen LogP contribution in [0.25, 0.3) is 0 Å². The Morgan fingerprint density at radius 3 is 1.95 bits per heavy atom. The van der Waals surface area contributed by atoms with E-state index in [-0.39, 0.29) is 18.0 Å². The molecule has 0 aromatic heterocycles. The molecule has 1 aliphatic rings. The zero-order chi connectivity index (χ0) is 16.4. The smallest absolute Gasteiger partial charge is 0.323 e. The summed E-state index contributed by atoms with van der Waals surface area (Å²) in [4.78, 5) is 26.3. The Labute approximate surface area is 136 Å². The molecule has 0 aromatic rings. The molecule has 1 saturated heterocycles. The summed E-state index contributed by atoms with van der Waals surface area (Å²) in [6.45, 7) is 4.29. The third-order valence-corrected chi connectivity index (χ3v) is 4.74. The van der Waals surface area contributed by atoms with Crippen LogP contribution in [-0.4, -0.2) is 41.4 Å². The van der Waals surface area contributed by atoms with Crippen LogP contribution in [0.1, 0.15) is 84.5 Å². The Morgan fingerprint density at radius 2 is 1.50 bits per heavy atom. The van der Waals surface area contributed by atoms with Crippen molar-refractivity contribution in [2.45, 2.75) is 90.5 Å². The first-order valence-corrected chi connectivity index (χ1v) is 9.12. The number of likely N-dealkylation sites (N-methyl/N-ethyl adjacent to an activating group) is 1. The van der Waals surface area contributed by atoms with Crippen molar-refractivity contribution in [2.24, 2.45) is 0 Å². The third kappa shape index (κ3) is 6.37. The summed E-state index contributed by atoms with van der Waals surface area (Å²) in [5.41, 5.74) is 0. The lowest BCUT2D eigenvalue weighted by Crippen LogP contribution is -2.33. The second kappa shape index (κ2) is 10.6. The average molecular weight is 310 g/mol. The quantitative estimate of drug-likeness (QED) is 0.524. The first-order valence-electron chi connectivity index (χ1n) is 9.12. The number of hydrogen-bond acceptors (Lipinski definition) is 2. The van der Waals surface area contributed by atoms with E-state index >= 15 is 0 Å². The predicted octanol–water partition coefficient (Wildman–Crippen LogP) is 4.58. The standard InChI is InChI=1S/C18H34N2O2/c1-4-5-6-7-8-9-10-11-12-13-14-17-15-20(16(2)21)18(22)19(17)3/h17H,4-15H2,1-3H3. The average Bonchev–Trinajstić information content (AvgIpc) is 2.77. The lowest BCUT2D eigenvalue weighted by atomic mass is 10.0. The van der Waals surface area contributed by atoms with Gasteiger partial charge in [0.25, 0.3) is 0 Å². The van der Waals surface area contributed by atoms with Crippen molar-refractivity contribution < 1.29 is 9.59 Å². The number of carbonyl (C=O) groups is 2. The van der Waals surface area contributed by atoms with Crippen molar-refractivity contribution in [3.63, 3.8) is 0 Å². The van der Waals surface area contributed by atoms with Crippen LogP contribution in [0.4, 0.5) is 4.79 Å². The minimum absolute atomic E-state index is 0.135. The van der Waals surface area contributed by atoms with Gasteiger partial charge in [-0.1, -0.05) is 71.1 Å². The number of carbonyl (C=O) groups excluding carboxylic acids is 2. The van der Waals surface area contributed by atoms with Gasteiger partial charge in [-0.15, -0.1) is 0 Å². The van der Waals surface area contributed by atoms with Gasteiger partial charge in [0.05, 0.1) is 12.6 Å². The van der Waals surface area contributed by atoms with Crippen LogP contribution in [0, 0.1) is 0 Å². The second-order valence-corrected chi connectivity index (χ2v) is 6.65. The summed E-state index contributed by atoms with van der Waals surface area (Å²) >= 11 is 0. The van der Waals surface area contributed by atoms with E-state index in [1.54, 1.807) is 4.90 Å². The number of nitrogens with zero attached hydrogens (tertiary/aromatic N) is 2. The molecule has 1 unspecified atom stereocenters. The molecule has 0 aromatic carbocycles. The number of unbranched alkanes of at least 4 members (excludes halogenated alkanes) is 9. The molecule has 0 radical (unpaired) electrons. The van der Waals surface area contributed by atoms with Gasteiger partial charge in [0.15, 0.2) is 0 Å². The van der Waals surface area contributed by atoms with E-state index in [9.17, 15) is 9.59 Å². The Morgan fingerprint density at radius 1 is 1.00 bits per heavy atom. The number of imide groups is 1. The summed E-state index contributed by atoms with van der Waals surface area (Å²) in [6.07, 6.45) is 14.3. The van der Waals surface area contributed by atoms with Crippen LogP contribution >= 0.6 is 0 Å². The molecule has 0 N–H and O–H groups in total. The Balaban J connectivity index is 2.01. The monoisotopic (exact) mass is 310 g/mol. The highest BCUT2D eigenvalue weighted by Gasteiger charge is 2.36. The highest BCUT2D eigenvalue weighted by atomic mass is 16.2. The largest absolute Gasteiger partial charge is 0.326 e. The van der Waals surface area contributed by atoms with E-state index in [0.717, 1.165) is 12.8 Å². The molecule has 3 amide bonds. The van der Waals surface area contributed by atoms with Crippen molar-refractivity contribution in [3.8, 4) is 0 Å². The zero-order valence-corrected chi connectivity index (χ0v) is 14.8. The van der Waals surface area contributed by atoms with Gasteiger partial charge in [-0.3, -0.25) is 9.69 Å². The van der Waals surface area contributed by atoms with Crippen LogP contribution in [0.15, 0.2) is 0 Å². The first-order chi connectivity index (χ1) is 10.6. The zero-order valence-electron chi connectivity index (χ0n) is 14.8. The second-order valence-electron chi connectivity index (χ2n) is 6.65. The number of urea groups is 1. The van der Waals surface area contributed by atoms with Crippen LogP contribution in [0.2, 0.25) is 0 Å². The summed E-state index contributed by atoms with van der Waals surface area (Å²) in [5, 5.41) is 0. The minimum atomic E-state index is -0.137. The van der Waals surface area contributed by atoms with E-state index in [2.05, 4.69) is 6.92 Å². The molecule has 0 aliphatic carbocycles. The molecular formula is C18H34N2O2. The first kappa shape index (κ1) is 19.0. The Kier molecular flexibility index (Phi) is 9.17. The van der Waals surface area contributed by atoms with Crippen LogP contribution in [0.3, 0.4) is 0 Å². The molecule has 128 valence electrons. The van der Waals surface area contributed by atoms with Gasteiger partial charge in [0.2, 0.25) is 5.91 Å². The number of hydrogen-bond donors (Lipinski definition) is 0. The van der Waals surface area contributed by atoms with Gasteiger partial charge in [-0.2, -0.15) is 0 Å². The molecule has 1 rings (SSSR count). The number of amides is 3. The molecule has 0 saturated carbocycles. The summed E-state index contributed by atoms with van der Waals surface area (Å²) in [7, 11) is 1.81. The van der Waals surface area contributed by atoms with E-state index in [1.165, 1.54) is 69.6 Å². The van der Waals surface area contributed by atoms with Gasteiger partial charge < -0.3 is 4.90 Å². The van der Waals surface area contributed by atoms with Crippen LogP contribution in [0.5, 0.6) is 0 Å². The maximum Gasteiger partial charge on any atom is 0.326 e. The Bertz CT molecular complexity index is 344.